The summed E-state index contributed by atoms with van der Waals surface area (Å²) in [6, 6.07) is 0.632. The Morgan fingerprint density at radius 3 is 2.50 bits per heavy atom. The minimum atomic E-state index is -0.253. The number of esters is 1. The molecule has 0 aromatic heterocycles. The van der Waals surface area contributed by atoms with Gasteiger partial charge in [-0.1, -0.05) is 6.92 Å². The molecule has 0 unspecified atom stereocenters. The maximum atomic E-state index is 11.3. The Kier molecular flexibility index (Phi) is 7.28. The second kappa shape index (κ2) is 8.48. The molecule has 1 aliphatic carbocycles. The van der Waals surface area contributed by atoms with Crippen LogP contribution >= 0.6 is 0 Å². The number of carbonyl (C=O) groups is 1. The molecular weight excluding hydrogens is 230 g/mol. The summed E-state index contributed by atoms with van der Waals surface area (Å²) >= 11 is 0. The highest BCUT2D eigenvalue weighted by molar-refractivity contribution is 5.70. The molecule has 1 rings (SSSR count). The van der Waals surface area contributed by atoms with Crippen LogP contribution in [0.2, 0.25) is 0 Å². The summed E-state index contributed by atoms with van der Waals surface area (Å²) in [6.45, 7) is 7.07. The van der Waals surface area contributed by atoms with Gasteiger partial charge in [0, 0.05) is 6.04 Å². The Bertz CT molecular complexity index is 235. The van der Waals surface area contributed by atoms with Crippen LogP contribution in [0.1, 0.15) is 52.9 Å². The topological polar surface area (TPSA) is 47.6 Å². The van der Waals surface area contributed by atoms with E-state index in [1.807, 2.05) is 13.8 Å². The molecule has 0 aromatic rings. The molecule has 106 valence electrons. The summed E-state index contributed by atoms with van der Waals surface area (Å²) in [6.07, 6.45) is 5.71. The average molecular weight is 257 g/mol. The molecule has 0 saturated heterocycles. The van der Waals surface area contributed by atoms with Crippen molar-refractivity contribution in [3.05, 3.63) is 0 Å². The van der Waals surface area contributed by atoms with Crippen molar-refractivity contribution in [2.24, 2.45) is 0 Å². The molecule has 1 aliphatic rings. The van der Waals surface area contributed by atoms with Crippen LogP contribution in [0.15, 0.2) is 0 Å². The summed E-state index contributed by atoms with van der Waals surface area (Å²) in [5, 5.41) is 3.54. The summed E-state index contributed by atoms with van der Waals surface area (Å²) in [5.74, 6) is -0.253. The molecule has 0 radical (unpaired) electrons. The van der Waals surface area contributed by atoms with Crippen LogP contribution in [-0.2, 0) is 14.3 Å². The quantitative estimate of drug-likeness (QED) is 0.711. The molecule has 18 heavy (non-hydrogen) atoms. The molecule has 1 fully saturated rings. The van der Waals surface area contributed by atoms with Crippen LogP contribution in [0.5, 0.6) is 0 Å². The monoisotopic (exact) mass is 257 g/mol. The van der Waals surface area contributed by atoms with E-state index in [2.05, 4.69) is 12.2 Å². The zero-order valence-electron chi connectivity index (χ0n) is 11.9. The van der Waals surface area contributed by atoms with Gasteiger partial charge in [0.1, 0.15) is 6.61 Å². The van der Waals surface area contributed by atoms with Gasteiger partial charge >= 0.3 is 5.97 Å². The number of hydrogen-bond donors (Lipinski definition) is 1. The van der Waals surface area contributed by atoms with Crippen molar-refractivity contribution in [2.45, 2.75) is 71.1 Å². The maximum Gasteiger partial charge on any atom is 0.332 e. The first-order valence-electron chi connectivity index (χ1n) is 7.16. The van der Waals surface area contributed by atoms with Crippen LogP contribution < -0.4 is 5.32 Å². The number of ether oxygens (including phenoxy) is 2. The van der Waals surface area contributed by atoms with Crippen molar-refractivity contribution in [1.29, 1.82) is 0 Å². The molecular formula is C14H27NO3. The van der Waals surface area contributed by atoms with Gasteiger partial charge in [0.25, 0.3) is 0 Å². The minimum absolute atomic E-state index is 0.0601. The molecule has 0 spiro atoms. The minimum Gasteiger partial charge on any atom is -0.461 e. The van der Waals surface area contributed by atoms with E-state index in [1.165, 1.54) is 6.42 Å². The van der Waals surface area contributed by atoms with Crippen LogP contribution in [0, 0.1) is 0 Å². The van der Waals surface area contributed by atoms with Gasteiger partial charge in [-0.25, -0.2) is 4.79 Å². The highest BCUT2D eigenvalue weighted by Crippen LogP contribution is 2.21. The van der Waals surface area contributed by atoms with Gasteiger partial charge in [0.15, 0.2) is 0 Å². The van der Waals surface area contributed by atoms with E-state index in [1.54, 1.807) is 0 Å². The highest BCUT2D eigenvalue weighted by atomic mass is 16.6. The standard InChI is InChI=1S/C14H27NO3/c1-4-9-15-12-5-7-13(8-6-12)17-10-14(16)18-11(2)3/h11-13,15H,4-10H2,1-3H3. The van der Waals surface area contributed by atoms with E-state index in [-0.39, 0.29) is 24.8 Å². The first-order valence-corrected chi connectivity index (χ1v) is 7.16. The fourth-order valence-corrected chi connectivity index (χ4v) is 2.26. The molecule has 1 saturated carbocycles. The summed E-state index contributed by atoms with van der Waals surface area (Å²) in [4.78, 5) is 11.3. The van der Waals surface area contributed by atoms with Crippen molar-refractivity contribution >= 4 is 5.97 Å². The fraction of sp³-hybridized carbons (Fsp3) is 0.929. The number of hydrogen-bond acceptors (Lipinski definition) is 4. The highest BCUT2D eigenvalue weighted by Gasteiger charge is 2.22. The van der Waals surface area contributed by atoms with E-state index in [9.17, 15) is 4.79 Å². The van der Waals surface area contributed by atoms with Gasteiger partial charge in [-0.2, -0.15) is 0 Å². The zero-order valence-corrected chi connectivity index (χ0v) is 11.9. The van der Waals surface area contributed by atoms with Gasteiger partial charge < -0.3 is 14.8 Å². The summed E-state index contributed by atoms with van der Waals surface area (Å²) < 4.78 is 10.6. The Labute approximate surface area is 110 Å². The van der Waals surface area contributed by atoms with E-state index in [0.717, 1.165) is 32.2 Å². The van der Waals surface area contributed by atoms with Gasteiger partial charge in [-0.15, -0.1) is 0 Å². The number of nitrogens with one attached hydrogen (secondary N) is 1. The molecule has 1 N–H and O–H groups in total. The second-order valence-electron chi connectivity index (χ2n) is 5.28. The van der Waals surface area contributed by atoms with Crippen molar-refractivity contribution in [2.75, 3.05) is 13.2 Å². The Morgan fingerprint density at radius 2 is 1.94 bits per heavy atom. The molecule has 0 bridgehead atoms. The smallest absolute Gasteiger partial charge is 0.332 e. The molecule has 0 aromatic carbocycles. The van der Waals surface area contributed by atoms with E-state index < -0.39 is 0 Å². The van der Waals surface area contributed by atoms with Crippen molar-refractivity contribution in [3.8, 4) is 0 Å². The van der Waals surface area contributed by atoms with Crippen molar-refractivity contribution in [1.82, 2.24) is 5.32 Å². The lowest BCUT2D eigenvalue weighted by atomic mass is 9.93. The molecule has 0 atom stereocenters. The zero-order chi connectivity index (χ0) is 13.4. The molecule has 4 heteroatoms. The Morgan fingerprint density at radius 1 is 1.28 bits per heavy atom. The van der Waals surface area contributed by atoms with Gasteiger partial charge in [0.2, 0.25) is 0 Å². The van der Waals surface area contributed by atoms with E-state index in [0.29, 0.717) is 6.04 Å². The number of rotatable bonds is 7. The van der Waals surface area contributed by atoms with Crippen molar-refractivity contribution < 1.29 is 14.3 Å². The summed E-state index contributed by atoms with van der Waals surface area (Å²) in [7, 11) is 0. The predicted octanol–water partition coefficient (Wildman–Crippen LogP) is 2.27. The molecule has 0 amide bonds. The Hall–Kier alpha value is -0.610. The summed E-state index contributed by atoms with van der Waals surface area (Å²) in [5.41, 5.74) is 0. The lowest BCUT2D eigenvalue weighted by Crippen LogP contribution is -2.36. The second-order valence-corrected chi connectivity index (χ2v) is 5.28. The lowest BCUT2D eigenvalue weighted by Gasteiger charge is -2.29. The van der Waals surface area contributed by atoms with Crippen LogP contribution in [0.3, 0.4) is 0 Å². The molecule has 0 aliphatic heterocycles. The first kappa shape index (κ1) is 15.4. The normalized spacial score (nSPS) is 24.2. The van der Waals surface area contributed by atoms with Gasteiger partial charge in [-0.3, -0.25) is 0 Å². The molecule has 4 nitrogen and oxygen atoms in total. The van der Waals surface area contributed by atoms with Crippen LogP contribution in [0.4, 0.5) is 0 Å². The first-order chi connectivity index (χ1) is 8.61. The third-order valence-electron chi connectivity index (χ3n) is 3.16. The van der Waals surface area contributed by atoms with E-state index >= 15 is 0 Å². The average Bonchev–Trinajstić information content (AvgIpc) is 2.34. The lowest BCUT2D eigenvalue weighted by molar-refractivity contribution is -0.155. The van der Waals surface area contributed by atoms with Gasteiger partial charge in [0.05, 0.1) is 12.2 Å². The van der Waals surface area contributed by atoms with E-state index in [4.69, 9.17) is 9.47 Å². The third-order valence-corrected chi connectivity index (χ3v) is 3.16. The largest absolute Gasteiger partial charge is 0.461 e. The fourth-order valence-electron chi connectivity index (χ4n) is 2.26. The predicted molar refractivity (Wildman–Crippen MR) is 71.5 cm³/mol. The maximum absolute atomic E-state index is 11.3. The third kappa shape index (κ3) is 6.36. The molecule has 0 heterocycles. The van der Waals surface area contributed by atoms with Crippen molar-refractivity contribution in [3.63, 3.8) is 0 Å². The van der Waals surface area contributed by atoms with Gasteiger partial charge in [-0.05, 0) is 52.5 Å². The SMILES string of the molecule is CCCNC1CCC(OCC(=O)OC(C)C)CC1. The number of carbonyl (C=O) groups excluding carboxylic acids is 1. The van der Waals surface area contributed by atoms with Crippen LogP contribution in [-0.4, -0.2) is 37.4 Å². The Balaban J connectivity index is 2.10. The van der Waals surface area contributed by atoms with Crippen LogP contribution in [0.25, 0.3) is 0 Å².